The Morgan fingerprint density at radius 2 is 2.00 bits per heavy atom. The first kappa shape index (κ1) is 14.0. The summed E-state index contributed by atoms with van der Waals surface area (Å²) in [5.74, 6) is -0.484. The summed E-state index contributed by atoms with van der Waals surface area (Å²) < 4.78 is 22.3. The van der Waals surface area contributed by atoms with Crippen molar-refractivity contribution in [2.45, 2.75) is 18.7 Å². The Labute approximate surface area is 105 Å². The minimum absolute atomic E-state index is 0.0963. The van der Waals surface area contributed by atoms with Crippen molar-refractivity contribution in [1.82, 2.24) is 0 Å². The highest BCUT2D eigenvalue weighted by molar-refractivity contribution is 7.89. The summed E-state index contributed by atoms with van der Waals surface area (Å²) in [5.41, 5.74) is 0.233. The van der Waals surface area contributed by atoms with E-state index >= 15 is 0 Å². The Kier molecular flexibility index (Phi) is 4.13. The van der Waals surface area contributed by atoms with Gasteiger partial charge in [-0.2, -0.15) is 0 Å². The van der Waals surface area contributed by atoms with E-state index < -0.39 is 10.0 Å². The highest BCUT2D eigenvalue weighted by atomic mass is 35.5. The van der Waals surface area contributed by atoms with Crippen LogP contribution in [0.4, 0.5) is 5.69 Å². The molecule has 3 N–H and O–H groups in total. The zero-order valence-corrected chi connectivity index (χ0v) is 11.0. The predicted molar refractivity (Wildman–Crippen MR) is 66.3 cm³/mol. The highest BCUT2D eigenvalue weighted by Crippen LogP contribution is 2.25. The summed E-state index contributed by atoms with van der Waals surface area (Å²) in [6.07, 6.45) is 0. The maximum absolute atomic E-state index is 11.5. The van der Waals surface area contributed by atoms with Crippen LogP contribution in [0.25, 0.3) is 0 Å². The van der Waals surface area contributed by atoms with E-state index in [0.717, 1.165) is 0 Å². The summed E-state index contributed by atoms with van der Waals surface area (Å²) in [5, 5.41) is 7.77. The van der Waals surface area contributed by atoms with Crippen LogP contribution in [0.1, 0.15) is 13.8 Å². The molecule has 0 aliphatic rings. The van der Waals surface area contributed by atoms with Gasteiger partial charge in [-0.3, -0.25) is 4.79 Å². The number of anilines is 1. The van der Waals surface area contributed by atoms with Crippen LogP contribution in [0, 0.1) is 5.92 Å². The van der Waals surface area contributed by atoms with Crippen molar-refractivity contribution in [3.63, 3.8) is 0 Å². The Morgan fingerprint density at radius 3 is 2.47 bits per heavy atom. The van der Waals surface area contributed by atoms with Gasteiger partial charge in [0.15, 0.2) is 0 Å². The van der Waals surface area contributed by atoms with Gasteiger partial charge >= 0.3 is 0 Å². The number of nitrogens with two attached hydrogens (primary N) is 1. The Morgan fingerprint density at radius 1 is 1.41 bits per heavy atom. The Balaban J connectivity index is 3.12. The zero-order valence-electron chi connectivity index (χ0n) is 9.40. The maximum atomic E-state index is 11.5. The third kappa shape index (κ3) is 3.69. The fourth-order valence-electron chi connectivity index (χ4n) is 1.05. The summed E-state index contributed by atoms with van der Waals surface area (Å²) in [7, 11) is -3.81. The Bertz CT molecular complexity index is 540. The lowest BCUT2D eigenvalue weighted by Gasteiger charge is -2.10. The first-order valence-electron chi connectivity index (χ1n) is 4.85. The Hall–Kier alpha value is -1.11. The molecule has 0 bridgehead atoms. The van der Waals surface area contributed by atoms with Crippen molar-refractivity contribution in [1.29, 1.82) is 0 Å². The van der Waals surface area contributed by atoms with Crippen LogP contribution in [-0.4, -0.2) is 14.3 Å². The van der Waals surface area contributed by atoms with Crippen molar-refractivity contribution in [2.24, 2.45) is 11.1 Å². The molecule has 0 heterocycles. The van der Waals surface area contributed by atoms with E-state index in [1.165, 1.54) is 18.2 Å². The van der Waals surface area contributed by atoms with Gasteiger partial charge in [0.1, 0.15) is 0 Å². The predicted octanol–water partition coefficient (Wildman–Crippen LogP) is 1.58. The van der Waals surface area contributed by atoms with Crippen molar-refractivity contribution in [3.8, 4) is 0 Å². The van der Waals surface area contributed by atoms with Gasteiger partial charge in [0, 0.05) is 5.92 Å². The molecule has 0 aliphatic heterocycles. The van der Waals surface area contributed by atoms with Crippen LogP contribution >= 0.6 is 11.6 Å². The van der Waals surface area contributed by atoms with E-state index in [2.05, 4.69) is 5.32 Å². The van der Waals surface area contributed by atoms with E-state index in [4.69, 9.17) is 16.7 Å². The number of carbonyl (C=O) groups is 1. The topological polar surface area (TPSA) is 89.3 Å². The number of sulfonamides is 1. The van der Waals surface area contributed by atoms with E-state index in [1.807, 2.05) is 0 Å². The summed E-state index contributed by atoms with van der Waals surface area (Å²) in [6, 6.07) is 3.89. The lowest BCUT2D eigenvalue weighted by molar-refractivity contribution is -0.118. The summed E-state index contributed by atoms with van der Waals surface area (Å²) >= 11 is 5.84. The van der Waals surface area contributed by atoms with Crippen molar-refractivity contribution in [2.75, 3.05) is 5.32 Å². The van der Waals surface area contributed by atoms with Gasteiger partial charge < -0.3 is 5.32 Å². The first-order chi connectivity index (χ1) is 7.71. The molecule has 1 rings (SSSR count). The summed E-state index contributed by atoms with van der Waals surface area (Å²) in [6.45, 7) is 3.43. The number of nitrogens with one attached hydrogen (secondary N) is 1. The lowest BCUT2D eigenvalue weighted by Crippen LogP contribution is -2.19. The molecule has 17 heavy (non-hydrogen) atoms. The van der Waals surface area contributed by atoms with Crippen LogP contribution in [0.5, 0.6) is 0 Å². The fourth-order valence-corrected chi connectivity index (χ4v) is 1.76. The minimum atomic E-state index is -3.81. The molecule has 0 unspecified atom stereocenters. The minimum Gasteiger partial charge on any atom is -0.325 e. The van der Waals surface area contributed by atoms with E-state index in [0.29, 0.717) is 0 Å². The molecule has 0 saturated heterocycles. The van der Waals surface area contributed by atoms with Crippen LogP contribution < -0.4 is 10.5 Å². The third-order valence-electron chi connectivity index (χ3n) is 2.05. The fraction of sp³-hybridized carbons (Fsp3) is 0.300. The molecule has 1 aromatic carbocycles. The summed E-state index contributed by atoms with van der Waals surface area (Å²) in [4.78, 5) is 11.4. The molecule has 0 fully saturated rings. The average molecular weight is 277 g/mol. The van der Waals surface area contributed by atoms with Gasteiger partial charge in [0.2, 0.25) is 15.9 Å². The van der Waals surface area contributed by atoms with Crippen molar-refractivity contribution in [3.05, 3.63) is 23.2 Å². The standard InChI is InChI=1S/C10H13ClN2O3S/c1-6(2)10(14)13-9-5-7(17(12,15)16)3-4-8(9)11/h3-6H,1-2H3,(H,13,14)(H2,12,15,16). The zero-order chi connectivity index (χ0) is 13.2. The van der Waals surface area contributed by atoms with Crippen LogP contribution in [0.15, 0.2) is 23.1 Å². The molecule has 0 radical (unpaired) electrons. The number of halogens is 1. The van der Waals surface area contributed by atoms with E-state index in [-0.39, 0.29) is 27.4 Å². The van der Waals surface area contributed by atoms with Gasteiger partial charge in [-0.1, -0.05) is 25.4 Å². The van der Waals surface area contributed by atoms with Gasteiger partial charge in [-0.15, -0.1) is 0 Å². The van der Waals surface area contributed by atoms with Gasteiger partial charge in [0.05, 0.1) is 15.6 Å². The highest BCUT2D eigenvalue weighted by Gasteiger charge is 2.13. The average Bonchev–Trinajstić information content (AvgIpc) is 2.19. The normalized spacial score (nSPS) is 11.6. The third-order valence-corrected chi connectivity index (χ3v) is 3.29. The van der Waals surface area contributed by atoms with E-state index in [9.17, 15) is 13.2 Å². The molecule has 1 amide bonds. The van der Waals surface area contributed by atoms with Crippen LogP contribution in [0.3, 0.4) is 0 Å². The number of hydrogen-bond donors (Lipinski definition) is 2. The number of hydrogen-bond acceptors (Lipinski definition) is 3. The van der Waals surface area contributed by atoms with Crippen LogP contribution in [0.2, 0.25) is 5.02 Å². The molecular formula is C10H13ClN2O3S. The molecule has 0 aromatic heterocycles. The smallest absolute Gasteiger partial charge is 0.238 e. The van der Waals surface area contributed by atoms with Gasteiger partial charge in [-0.25, -0.2) is 13.6 Å². The van der Waals surface area contributed by atoms with Gasteiger partial charge in [-0.05, 0) is 18.2 Å². The van der Waals surface area contributed by atoms with Crippen molar-refractivity contribution < 1.29 is 13.2 Å². The largest absolute Gasteiger partial charge is 0.325 e. The second-order valence-electron chi connectivity index (χ2n) is 3.83. The molecule has 7 heteroatoms. The van der Waals surface area contributed by atoms with Gasteiger partial charge in [0.25, 0.3) is 0 Å². The molecule has 0 aliphatic carbocycles. The quantitative estimate of drug-likeness (QED) is 0.878. The van der Waals surface area contributed by atoms with Crippen LogP contribution in [-0.2, 0) is 14.8 Å². The second-order valence-corrected chi connectivity index (χ2v) is 5.80. The lowest BCUT2D eigenvalue weighted by atomic mass is 10.2. The molecule has 0 saturated carbocycles. The number of rotatable bonds is 3. The molecule has 94 valence electrons. The maximum Gasteiger partial charge on any atom is 0.238 e. The molecular weight excluding hydrogens is 264 g/mol. The number of amides is 1. The number of benzene rings is 1. The first-order valence-corrected chi connectivity index (χ1v) is 6.77. The molecule has 0 atom stereocenters. The molecule has 1 aromatic rings. The molecule has 0 spiro atoms. The number of primary sulfonamides is 1. The number of carbonyl (C=O) groups excluding carboxylic acids is 1. The second kappa shape index (κ2) is 5.03. The molecule has 5 nitrogen and oxygen atoms in total. The SMILES string of the molecule is CC(C)C(=O)Nc1cc(S(N)(=O)=O)ccc1Cl. The monoisotopic (exact) mass is 276 g/mol. The van der Waals surface area contributed by atoms with E-state index in [1.54, 1.807) is 13.8 Å². The van der Waals surface area contributed by atoms with Crippen molar-refractivity contribution >= 4 is 33.2 Å².